The third-order valence-corrected chi connectivity index (χ3v) is 6.98. The standard InChI is InChI=1S/C18H27N3O4S.ClH/c1-19-14-15-5-7-20(8-6-15)18(22)16-3-2-4-17(13-16)26(23,24)21-9-11-25-12-10-21;/h2-4,13,15,19H,5-12,14H2,1H3;1H. The number of piperidine rings is 1. The van der Waals surface area contributed by atoms with Gasteiger partial charge in [-0.3, -0.25) is 4.79 Å². The summed E-state index contributed by atoms with van der Waals surface area (Å²) in [6.45, 7) is 3.89. The lowest BCUT2D eigenvalue weighted by Crippen LogP contribution is -2.41. The topological polar surface area (TPSA) is 79.0 Å². The van der Waals surface area contributed by atoms with E-state index in [2.05, 4.69) is 5.32 Å². The van der Waals surface area contributed by atoms with E-state index in [-0.39, 0.29) is 23.2 Å². The minimum absolute atomic E-state index is 0. The molecule has 2 aliphatic heterocycles. The predicted octanol–water partition coefficient (Wildman–Crippen LogP) is 1.20. The third kappa shape index (κ3) is 5.20. The Labute approximate surface area is 167 Å². The zero-order valence-electron chi connectivity index (χ0n) is 15.6. The number of rotatable bonds is 5. The lowest BCUT2D eigenvalue weighted by Gasteiger charge is -2.32. The smallest absolute Gasteiger partial charge is 0.253 e. The van der Waals surface area contributed by atoms with Crippen LogP contribution in [0.2, 0.25) is 0 Å². The summed E-state index contributed by atoms with van der Waals surface area (Å²) in [7, 11) is -1.65. The molecule has 0 unspecified atom stereocenters. The van der Waals surface area contributed by atoms with E-state index in [1.807, 2.05) is 11.9 Å². The second-order valence-corrected chi connectivity index (χ2v) is 8.78. The molecule has 1 N–H and O–H groups in total. The quantitative estimate of drug-likeness (QED) is 0.778. The van der Waals surface area contributed by atoms with Crippen LogP contribution in [-0.4, -0.2) is 76.5 Å². The molecule has 1 aromatic carbocycles. The van der Waals surface area contributed by atoms with Gasteiger partial charge in [-0.05, 0) is 50.6 Å². The molecular weight excluding hydrogens is 390 g/mol. The van der Waals surface area contributed by atoms with Crippen LogP contribution in [0.4, 0.5) is 0 Å². The number of likely N-dealkylation sites (tertiary alicyclic amines) is 1. The molecule has 2 saturated heterocycles. The monoisotopic (exact) mass is 417 g/mol. The van der Waals surface area contributed by atoms with Crippen molar-refractivity contribution in [1.82, 2.24) is 14.5 Å². The summed E-state index contributed by atoms with van der Waals surface area (Å²) < 4.78 is 32.2. The minimum atomic E-state index is -3.59. The first-order chi connectivity index (χ1) is 12.5. The number of benzene rings is 1. The number of hydrogen-bond donors (Lipinski definition) is 1. The summed E-state index contributed by atoms with van der Waals surface area (Å²) >= 11 is 0. The summed E-state index contributed by atoms with van der Waals surface area (Å²) in [6.07, 6.45) is 1.94. The van der Waals surface area contributed by atoms with E-state index in [1.165, 1.54) is 10.4 Å². The van der Waals surface area contributed by atoms with Crippen LogP contribution in [-0.2, 0) is 14.8 Å². The van der Waals surface area contributed by atoms with E-state index >= 15 is 0 Å². The SMILES string of the molecule is CNCC1CCN(C(=O)c2cccc(S(=O)(=O)N3CCOCC3)c2)CC1.Cl. The normalized spacial score (nSPS) is 19.5. The van der Waals surface area contributed by atoms with E-state index in [1.54, 1.807) is 18.2 Å². The molecule has 0 aliphatic carbocycles. The fraction of sp³-hybridized carbons (Fsp3) is 0.611. The summed E-state index contributed by atoms with van der Waals surface area (Å²) in [5.74, 6) is 0.504. The second-order valence-electron chi connectivity index (χ2n) is 6.84. The Morgan fingerprint density at radius 1 is 1.19 bits per heavy atom. The average Bonchev–Trinajstić information content (AvgIpc) is 2.69. The molecule has 9 heteroatoms. The summed E-state index contributed by atoms with van der Waals surface area (Å²) in [4.78, 5) is 14.8. The van der Waals surface area contributed by atoms with E-state index in [0.29, 0.717) is 50.9 Å². The van der Waals surface area contributed by atoms with Crippen LogP contribution in [0.1, 0.15) is 23.2 Å². The lowest BCUT2D eigenvalue weighted by molar-refractivity contribution is 0.0690. The molecule has 2 heterocycles. The van der Waals surface area contributed by atoms with Crippen molar-refractivity contribution >= 4 is 28.3 Å². The molecular formula is C18H28ClN3O4S. The van der Waals surface area contributed by atoms with E-state index in [4.69, 9.17) is 4.74 Å². The van der Waals surface area contributed by atoms with Crippen molar-refractivity contribution in [2.75, 3.05) is 53.0 Å². The fourth-order valence-corrected chi connectivity index (χ4v) is 4.99. The summed E-state index contributed by atoms with van der Waals surface area (Å²) in [5.41, 5.74) is 0.436. The largest absolute Gasteiger partial charge is 0.379 e. The van der Waals surface area contributed by atoms with Gasteiger partial charge in [-0.25, -0.2) is 8.42 Å². The number of sulfonamides is 1. The first-order valence-corrected chi connectivity index (χ1v) is 10.6. The van der Waals surface area contributed by atoms with Crippen LogP contribution in [0, 0.1) is 5.92 Å². The molecule has 0 saturated carbocycles. The van der Waals surface area contributed by atoms with Crippen molar-refractivity contribution in [2.45, 2.75) is 17.7 Å². The first-order valence-electron chi connectivity index (χ1n) is 9.14. The molecule has 7 nitrogen and oxygen atoms in total. The number of amides is 1. The Morgan fingerprint density at radius 2 is 1.85 bits per heavy atom. The maximum Gasteiger partial charge on any atom is 0.253 e. The van der Waals surface area contributed by atoms with Crippen LogP contribution in [0.15, 0.2) is 29.2 Å². The number of morpholine rings is 1. The molecule has 1 aromatic rings. The third-order valence-electron chi connectivity index (χ3n) is 5.08. The van der Waals surface area contributed by atoms with Gasteiger partial charge in [-0.1, -0.05) is 6.07 Å². The zero-order valence-corrected chi connectivity index (χ0v) is 17.2. The lowest BCUT2D eigenvalue weighted by atomic mass is 9.96. The molecule has 27 heavy (non-hydrogen) atoms. The zero-order chi connectivity index (χ0) is 18.6. The van der Waals surface area contributed by atoms with Gasteiger partial charge in [0.05, 0.1) is 18.1 Å². The Hall–Kier alpha value is -1.19. The van der Waals surface area contributed by atoms with Crippen LogP contribution in [0.25, 0.3) is 0 Å². The molecule has 0 aromatic heterocycles. The molecule has 0 spiro atoms. The molecule has 152 valence electrons. The van der Waals surface area contributed by atoms with Gasteiger partial charge in [0.1, 0.15) is 0 Å². The second kappa shape index (κ2) is 9.84. The summed E-state index contributed by atoms with van der Waals surface area (Å²) in [6, 6.07) is 6.40. The van der Waals surface area contributed by atoms with E-state index in [9.17, 15) is 13.2 Å². The average molecular weight is 418 g/mol. The Balaban J connectivity index is 0.00000261. The van der Waals surface area contributed by atoms with Crippen molar-refractivity contribution < 1.29 is 17.9 Å². The van der Waals surface area contributed by atoms with Crippen molar-refractivity contribution in [3.8, 4) is 0 Å². The number of ether oxygens (including phenoxy) is 1. The highest BCUT2D eigenvalue weighted by molar-refractivity contribution is 7.89. The van der Waals surface area contributed by atoms with Gasteiger partial charge in [0.25, 0.3) is 5.91 Å². The molecule has 0 radical (unpaired) electrons. The molecule has 1 amide bonds. The van der Waals surface area contributed by atoms with Crippen LogP contribution >= 0.6 is 12.4 Å². The highest BCUT2D eigenvalue weighted by atomic mass is 35.5. The number of nitrogens with one attached hydrogen (secondary N) is 1. The van der Waals surface area contributed by atoms with Gasteiger partial charge in [-0.15, -0.1) is 12.4 Å². The van der Waals surface area contributed by atoms with Crippen molar-refractivity contribution in [2.24, 2.45) is 5.92 Å². The minimum Gasteiger partial charge on any atom is -0.379 e. The van der Waals surface area contributed by atoms with E-state index < -0.39 is 10.0 Å². The summed E-state index contributed by atoms with van der Waals surface area (Å²) in [5, 5.41) is 3.18. The van der Waals surface area contributed by atoms with Crippen molar-refractivity contribution in [1.29, 1.82) is 0 Å². The van der Waals surface area contributed by atoms with Gasteiger partial charge >= 0.3 is 0 Å². The Morgan fingerprint density at radius 3 is 2.48 bits per heavy atom. The Kier molecular flexibility index (Phi) is 8.05. The first kappa shape index (κ1) is 22.1. The molecule has 0 atom stereocenters. The fourth-order valence-electron chi connectivity index (χ4n) is 3.54. The van der Waals surface area contributed by atoms with Crippen LogP contribution < -0.4 is 5.32 Å². The van der Waals surface area contributed by atoms with Crippen molar-refractivity contribution in [3.63, 3.8) is 0 Å². The number of hydrogen-bond acceptors (Lipinski definition) is 5. The molecule has 2 aliphatic rings. The number of carbonyl (C=O) groups excluding carboxylic acids is 1. The molecule has 3 rings (SSSR count). The number of halogens is 1. The van der Waals surface area contributed by atoms with Gasteiger partial charge in [-0.2, -0.15) is 4.31 Å². The number of carbonyl (C=O) groups is 1. The predicted molar refractivity (Wildman–Crippen MR) is 106 cm³/mol. The van der Waals surface area contributed by atoms with Crippen LogP contribution in [0.3, 0.4) is 0 Å². The van der Waals surface area contributed by atoms with Crippen molar-refractivity contribution in [3.05, 3.63) is 29.8 Å². The number of nitrogens with zero attached hydrogens (tertiary/aromatic N) is 2. The maximum atomic E-state index is 12.8. The highest BCUT2D eigenvalue weighted by Crippen LogP contribution is 2.22. The van der Waals surface area contributed by atoms with Gasteiger partial charge in [0.15, 0.2) is 0 Å². The van der Waals surface area contributed by atoms with Gasteiger partial charge < -0.3 is 15.0 Å². The van der Waals surface area contributed by atoms with Gasteiger partial charge in [0, 0.05) is 31.7 Å². The van der Waals surface area contributed by atoms with Crippen LogP contribution in [0.5, 0.6) is 0 Å². The molecule has 2 fully saturated rings. The Bertz CT molecular complexity index is 730. The maximum absolute atomic E-state index is 12.8. The van der Waals surface area contributed by atoms with Gasteiger partial charge in [0.2, 0.25) is 10.0 Å². The molecule has 0 bridgehead atoms. The highest BCUT2D eigenvalue weighted by Gasteiger charge is 2.28. The van der Waals surface area contributed by atoms with E-state index in [0.717, 1.165) is 19.4 Å².